The number of anilines is 4. The summed E-state index contributed by atoms with van der Waals surface area (Å²) >= 11 is 0. The second kappa shape index (κ2) is 10.4. The van der Waals surface area contributed by atoms with Crippen LogP contribution in [0.25, 0.3) is 11.1 Å². The third-order valence-electron chi connectivity index (χ3n) is 10.2. The molecule has 2 nitrogen and oxygen atoms in total. The van der Waals surface area contributed by atoms with Gasteiger partial charge in [0.25, 0.3) is 0 Å². The van der Waals surface area contributed by atoms with E-state index in [2.05, 4.69) is 175 Å². The second-order valence-corrected chi connectivity index (χ2v) is 13.2. The Bertz CT molecular complexity index is 2120. The number of fused-ring (bicyclic) bond motifs is 3. The average Bonchev–Trinajstić information content (AvgIpc) is 3.36. The number of allylic oxidation sites excluding steroid dienone is 6. The maximum absolute atomic E-state index is 2.57. The molecular weight excluding hydrogens is 555 g/mol. The summed E-state index contributed by atoms with van der Waals surface area (Å²) in [6.45, 7) is 5.02. The van der Waals surface area contributed by atoms with Crippen molar-refractivity contribution in [2.75, 3.05) is 9.80 Å². The lowest BCUT2D eigenvalue weighted by Gasteiger charge is -2.46. The van der Waals surface area contributed by atoms with Crippen LogP contribution in [0.3, 0.4) is 0 Å². The molecule has 4 aliphatic rings. The van der Waals surface area contributed by atoms with Crippen molar-refractivity contribution in [2.45, 2.75) is 26.7 Å². The van der Waals surface area contributed by atoms with Crippen molar-refractivity contribution in [3.8, 4) is 0 Å². The van der Waals surface area contributed by atoms with Gasteiger partial charge >= 0.3 is 0 Å². The van der Waals surface area contributed by atoms with E-state index in [1.807, 2.05) is 0 Å². The first-order valence-electron chi connectivity index (χ1n) is 16.5. The van der Waals surface area contributed by atoms with Gasteiger partial charge in [-0.25, -0.2) is 0 Å². The van der Waals surface area contributed by atoms with Gasteiger partial charge in [-0.15, -0.1) is 0 Å². The lowest BCUT2D eigenvalue weighted by Crippen LogP contribution is -2.58. The Labute approximate surface area is 272 Å². The highest BCUT2D eigenvalue weighted by Gasteiger charge is 2.54. The van der Waals surface area contributed by atoms with Gasteiger partial charge in [0.2, 0.25) is 6.71 Å². The van der Waals surface area contributed by atoms with Gasteiger partial charge < -0.3 is 9.80 Å². The first kappa shape index (κ1) is 27.1. The van der Waals surface area contributed by atoms with E-state index in [1.54, 1.807) is 0 Å². The van der Waals surface area contributed by atoms with Crippen LogP contribution in [-0.2, 0) is 0 Å². The monoisotopic (exact) mass is 590 g/mol. The van der Waals surface area contributed by atoms with Crippen molar-refractivity contribution in [2.24, 2.45) is 5.41 Å². The smallest absolute Gasteiger partial charge is 0.248 e. The maximum atomic E-state index is 2.57. The predicted octanol–water partition coefficient (Wildman–Crippen LogP) is 9.58. The first-order valence-corrected chi connectivity index (χ1v) is 16.5. The molecule has 0 fully saturated rings. The van der Waals surface area contributed by atoms with E-state index in [4.69, 9.17) is 0 Å². The molecule has 3 heteroatoms. The first-order chi connectivity index (χ1) is 22.6. The minimum absolute atomic E-state index is 0.108. The Morgan fingerprint density at radius 1 is 0.587 bits per heavy atom. The molecule has 0 saturated heterocycles. The Kier molecular flexibility index (Phi) is 6.11. The summed E-state index contributed by atoms with van der Waals surface area (Å²) < 4.78 is 0. The molecule has 0 N–H and O–H groups in total. The third-order valence-corrected chi connectivity index (χ3v) is 10.2. The van der Waals surface area contributed by atoms with Crippen molar-refractivity contribution in [1.82, 2.24) is 0 Å². The molecule has 2 heterocycles. The lowest BCUT2D eigenvalue weighted by atomic mass is 9.30. The lowest BCUT2D eigenvalue weighted by molar-refractivity contribution is 0.637. The van der Waals surface area contributed by atoms with Gasteiger partial charge in [0.15, 0.2) is 0 Å². The summed E-state index contributed by atoms with van der Waals surface area (Å²) in [4.78, 5) is 5.09. The molecule has 2 aliphatic heterocycles. The Balaban J connectivity index is 1.42. The van der Waals surface area contributed by atoms with Crippen LogP contribution < -0.4 is 20.7 Å². The molecule has 5 aromatic rings. The third kappa shape index (κ3) is 3.84. The quantitative estimate of drug-likeness (QED) is 0.192. The van der Waals surface area contributed by atoms with E-state index in [1.165, 1.54) is 72.8 Å². The topological polar surface area (TPSA) is 6.48 Å². The van der Waals surface area contributed by atoms with Gasteiger partial charge in [-0.2, -0.15) is 0 Å². The SMILES string of the molecule is CC1(C)C2=C(C(c3ccccc3)=C1c1ccccc1)N(c1ccccc1)c1cccc3c1B2c1ccccc1N3C1=CCCC=C1. The molecule has 0 spiro atoms. The standard InChI is InChI=1S/C43H35BN2/c1-43(2)39(31-20-9-4-10-21-31)38(30-18-7-3-8-19-30)41-42(43)44-34-26-15-16-27-35(34)45(32-22-11-5-12-23-32)36-28-17-29-37(40(36)44)46(41)33-24-13-6-14-25-33/h3-4,6-11,13-29H,5,12H2,1-2H3. The zero-order valence-electron chi connectivity index (χ0n) is 26.3. The van der Waals surface area contributed by atoms with Gasteiger partial charge in [0.1, 0.15) is 0 Å². The molecule has 5 aromatic carbocycles. The van der Waals surface area contributed by atoms with E-state index < -0.39 is 0 Å². The molecule has 0 amide bonds. The number of nitrogens with zero attached hydrogens (tertiary/aromatic N) is 2. The van der Waals surface area contributed by atoms with Crippen LogP contribution in [0.15, 0.2) is 169 Å². The average molecular weight is 591 g/mol. The number of benzene rings is 5. The summed E-state index contributed by atoms with van der Waals surface area (Å²) in [5.41, 5.74) is 16.8. The fourth-order valence-corrected chi connectivity index (χ4v) is 8.48. The molecule has 46 heavy (non-hydrogen) atoms. The van der Waals surface area contributed by atoms with Crippen LogP contribution in [-0.4, -0.2) is 6.71 Å². The molecule has 0 saturated carbocycles. The number of hydrogen-bond donors (Lipinski definition) is 0. The molecule has 9 rings (SSSR count). The van der Waals surface area contributed by atoms with E-state index >= 15 is 0 Å². The molecular formula is C43H35BN2. The normalized spacial score (nSPS) is 17.5. The van der Waals surface area contributed by atoms with Crippen LogP contribution >= 0.6 is 0 Å². The highest BCUT2D eigenvalue weighted by molar-refractivity contribution is 6.95. The largest absolute Gasteiger partial charge is 0.312 e. The molecule has 0 unspecified atom stereocenters. The highest BCUT2D eigenvalue weighted by Crippen LogP contribution is 2.60. The van der Waals surface area contributed by atoms with Crippen molar-refractivity contribution < 1.29 is 0 Å². The fraction of sp³-hybridized carbons (Fsp3) is 0.116. The number of para-hydroxylation sites is 2. The Morgan fingerprint density at radius 3 is 1.89 bits per heavy atom. The van der Waals surface area contributed by atoms with Crippen molar-refractivity contribution in [1.29, 1.82) is 0 Å². The molecule has 0 bridgehead atoms. The molecule has 220 valence electrons. The van der Waals surface area contributed by atoms with Crippen LogP contribution in [0.2, 0.25) is 0 Å². The Hall–Kier alpha value is -5.28. The van der Waals surface area contributed by atoms with Crippen LogP contribution in [0.4, 0.5) is 22.7 Å². The van der Waals surface area contributed by atoms with E-state index in [0.29, 0.717) is 0 Å². The van der Waals surface area contributed by atoms with Gasteiger partial charge in [0, 0.05) is 45.1 Å². The summed E-state index contributed by atoms with van der Waals surface area (Å²) in [6, 6.07) is 49.2. The van der Waals surface area contributed by atoms with Crippen LogP contribution in [0.5, 0.6) is 0 Å². The number of rotatable bonds is 4. The maximum Gasteiger partial charge on any atom is 0.248 e. The van der Waals surface area contributed by atoms with Gasteiger partial charge in [-0.1, -0.05) is 135 Å². The van der Waals surface area contributed by atoms with Crippen LogP contribution in [0, 0.1) is 5.41 Å². The highest BCUT2D eigenvalue weighted by atomic mass is 15.2. The van der Waals surface area contributed by atoms with Crippen molar-refractivity contribution in [3.05, 3.63) is 180 Å². The fourth-order valence-electron chi connectivity index (χ4n) is 8.48. The van der Waals surface area contributed by atoms with Crippen LogP contribution in [0.1, 0.15) is 37.8 Å². The minimum Gasteiger partial charge on any atom is -0.312 e. The van der Waals surface area contributed by atoms with E-state index in [0.717, 1.165) is 12.8 Å². The predicted molar refractivity (Wildman–Crippen MR) is 196 cm³/mol. The van der Waals surface area contributed by atoms with E-state index in [9.17, 15) is 0 Å². The van der Waals surface area contributed by atoms with Gasteiger partial charge in [-0.05, 0) is 76.9 Å². The summed E-state index contributed by atoms with van der Waals surface area (Å²) in [5.74, 6) is 0. The molecule has 0 atom stereocenters. The zero-order valence-corrected chi connectivity index (χ0v) is 26.3. The van der Waals surface area contributed by atoms with Gasteiger partial charge in [0.05, 0.1) is 0 Å². The molecule has 2 aliphatic carbocycles. The van der Waals surface area contributed by atoms with E-state index in [-0.39, 0.29) is 12.1 Å². The van der Waals surface area contributed by atoms with Crippen molar-refractivity contribution in [3.63, 3.8) is 0 Å². The minimum atomic E-state index is -0.260. The zero-order chi connectivity index (χ0) is 30.8. The van der Waals surface area contributed by atoms with Crippen molar-refractivity contribution >= 4 is 51.5 Å². The summed E-state index contributed by atoms with van der Waals surface area (Å²) in [6.07, 6.45) is 9.19. The number of hydrogen-bond acceptors (Lipinski definition) is 2. The second-order valence-electron chi connectivity index (χ2n) is 13.2. The Morgan fingerprint density at radius 2 is 1.20 bits per heavy atom. The van der Waals surface area contributed by atoms with Gasteiger partial charge in [-0.3, -0.25) is 0 Å². The molecule has 0 aromatic heterocycles. The summed E-state index contributed by atoms with van der Waals surface area (Å²) in [7, 11) is 0. The summed E-state index contributed by atoms with van der Waals surface area (Å²) in [5, 5.41) is 0. The molecule has 0 radical (unpaired) electrons.